The molecule has 0 amide bonds. The van der Waals surface area contributed by atoms with Crippen LogP contribution in [0, 0.1) is 0 Å². The molecule has 0 fully saturated rings. The molecule has 0 saturated carbocycles. The van der Waals surface area contributed by atoms with E-state index in [9.17, 15) is 13.2 Å². The predicted molar refractivity (Wildman–Crippen MR) is 94.3 cm³/mol. The first-order valence-electron chi connectivity index (χ1n) is 7.69. The van der Waals surface area contributed by atoms with Crippen molar-refractivity contribution in [1.82, 2.24) is 0 Å². The van der Waals surface area contributed by atoms with Crippen LogP contribution in [0.15, 0.2) is 54.6 Å². The normalized spacial score (nSPS) is 11.0. The molecule has 0 heterocycles. The molecule has 1 N–H and O–H groups in total. The van der Waals surface area contributed by atoms with E-state index in [-0.39, 0.29) is 18.1 Å². The highest BCUT2D eigenvalue weighted by molar-refractivity contribution is 7.92. The molecule has 0 aromatic heterocycles. The molecule has 0 aliphatic carbocycles. The topological polar surface area (TPSA) is 72.5 Å². The third-order valence-electron chi connectivity index (χ3n) is 3.55. The highest BCUT2D eigenvalue weighted by atomic mass is 32.2. The maximum Gasteiger partial charge on any atom is 0.305 e. The summed E-state index contributed by atoms with van der Waals surface area (Å²) in [5, 5.41) is 0. The Labute approximate surface area is 142 Å². The van der Waals surface area contributed by atoms with Gasteiger partial charge in [-0.25, -0.2) is 8.42 Å². The molecular weight excluding hydrogens is 326 g/mol. The Balaban J connectivity index is 1.95. The fourth-order valence-electron chi connectivity index (χ4n) is 2.27. The fourth-order valence-corrected chi connectivity index (χ4v) is 3.36. The number of nitrogens with one attached hydrogen (secondary N) is 1. The maximum absolute atomic E-state index is 12.2. The molecule has 0 radical (unpaired) electrons. The van der Waals surface area contributed by atoms with Crippen molar-refractivity contribution in [2.45, 2.75) is 19.3 Å². The molecular formula is C18H21NO4S. The molecule has 0 atom stereocenters. The Morgan fingerprint density at radius 3 is 2.42 bits per heavy atom. The largest absolute Gasteiger partial charge is 0.469 e. The van der Waals surface area contributed by atoms with E-state index < -0.39 is 10.0 Å². The summed E-state index contributed by atoms with van der Waals surface area (Å²) in [6.07, 6.45) is 1.23. The van der Waals surface area contributed by atoms with Gasteiger partial charge in [-0.15, -0.1) is 0 Å². The van der Waals surface area contributed by atoms with E-state index in [2.05, 4.69) is 9.46 Å². The lowest BCUT2D eigenvalue weighted by molar-refractivity contribution is -0.140. The maximum atomic E-state index is 12.2. The molecule has 2 aromatic carbocycles. The van der Waals surface area contributed by atoms with Gasteiger partial charge in [-0.3, -0.25) is 9.52 Å². The first kappa shape index (κ1) is 18.0. The van der Waals surface area contributed by atoms with Crippen LogP contribution in [0.3, 0.4) is 0 Å². The van der Waals surface area contributed by atoms with Crippen molar-refractivity contribution in [3.63, 3.8) is 0 Å². The van der Waals surface area contributed by atoms with Crippen LogP contribution in [0.1, 0.15) is 17.5 Å². The van der Waals surface area contributed by atoms with Crippen LogP contribution in [0.5, 0.6) is 0 Å². The van der Waals surface area contributed by atoms with Gasteiger partial charge in [0.1, 0.15) is 0 Å². The van der Waals surface area contributed by atoms with E-state index in [1.54, 1.807) is 18.2 Å². The number of carbonyl (C=O) groups is 1. The molecule has 6 heteroatoms. The van der Waals surface area contributed by atoms with Gasteiger partial charge in [0.25, 0.3) is 0 Å². The third-order valence-corrected chi connectivity index (χ3v) is 4.84. The van der Waals surface area contributed by atoms with Crippen LogP contribution in [0.4, 0.5) is 5.69 Å². The number of sulfonamides is 1. The number of hydrogen-bond acceptors (Lipinski definition) is 4. The van der Waals surface area contributed by atoms with Crippen molar-refractivity contribution >= 4 is 21.7 Å². The van der Waals surface area contributed by atoms with E-state index in [0.717, 1.165) is 11.1 Å². The number of benzene rings is 2. The van der Waals surface area contributed by atoms with Gasteiger partial charge >= 0.3 is 5.97 Å². The second kappa shape index (κ2) is 8.49. The number of hydrogen-bond donors (Lipinski definition) is 1. The number of methoxy groups -OCH3 is 1. The van der Waals surface area contributed by atoms with Gasteiger partial charge in [0.15, 0.2) is 0 Å². The van der Waals surface area contributed by atoms with Crippen LogP contribution in [-0.2, 0) is 32.4 Å². The number of ether oxygens (including phenoxy) is 1. The van der Waals surface area contributed by atoms with Crippen molar-refractivity contribution < 1.29 is 17.9 Å². The summed E-state index contributed by atoms with van der Waals surface area (Å²) in [6, 6.07) is 16.5. The van der Waals surface area contributed by atoms with Crippen molar-refractivity contribution in [3.8, 4) is 0 Å². The summed E-state index contributed by atoms with van der Waals surface area (Å²) < 4.78 is 31.6. The molecule has 0 aliphatic rings. The van der Waals surface area contributed by atoms with Crippen LogP contribution in [-0.4, -0.2) is 27.2 Å². The molecule has 2 rings (SSSR count). The third kappa shape index (κ3) is 6.04. The molecule has 0 unspecified atom stereocenters. The summed E-state index contributed by atoms with van der Waals surface area (Å²) in [6.45, 7) is 0. The monoisotopic (exact) mass is 347 g/mol. The first-order valence-corrected chi connectivity index (χ1v) is 9.34. The molecule has 0 saturated heterocycles. The van der Waals surface area contributed by atoms with E-state index in [4.69, 9.17) is 0 Å². The number of esters is 1. The molecule has 24 heavy (non-hydrogen) atoms. The summed E-state index contributed by atoms with van der Waals surface area (Å²) in [7, 11) is -2.08. The van der Waals surface area contributed by atoms with E-state index in [0.29, 0.717) is 18.5 Å². The highest BCUT2D eigenvalue weighted by Crippen LogP contribution is 2.15. The fraction of sp³-hybridized carbons (Fsp3) is 0.278. The van der Waals surface area contributed by atoms with Crippen molar-refractivity contribution in [2.75, 3.05) is 17.6 Å². The SMILES string of the molecule is COC(=O)CCc1cccc(NS(=O)(=O)CCc2ccccc2)c1. The van der Waals surface area contributed by atoms with Crippen LogP contribution in [0.2, 0.25) is 0 Å². The predicted octanol–water partition coefficient (Wildman–Crippen LogP) is 2.78. The minimum atomic E-state index is -3.43. The number of anilines is 1. The van der Waals surface area contributed by atoms with Gasteiger partial charge in [0, 0.05) is 12.1 Å². The number of aryl methyl sites for hydroxylation is 2. The Morgan fingerprint density at radius 2 is 1.71 bits per heavy atom. The summed E-state index contributed by atoms with van der Waals surface area (Å²) in [5.74, 6) is -0.271. The van der Waals surface area contributed by atoms with Crippen molar-refractivity contribution in [2.24, 2.45) is 0 Å². The zero-order valence-electron chi connectivity index (χ0n) is 13.6. The van der Waals surface area contributed by atoms with Gasteiger partial charge in [-0.05, 0) is 36.1 Å². The van der Waals surface area contributed by atoms with E-state index in [1.807, 2.05) is 36.4 Å². The molecule has 128 valence electrons. The average molecular weight is 347 g/mol. The Morgan fingerprint density at radius 1 is 1.00 bits per heavy atom. The lowest BCUT2D eigenvalue weighted by Crippen LogP contribution is -2.18. The van der Waals surface area contributed by atoms with Crippen molar-refractivity contribution in [1.29, 1.82) is 0 Å². The van der Waals surface area contributed by atoms with Gasteiger partial charge in [-0.1, -0.05) is 42.5 Å². The Hall–Kier alpha value is -2.34. The van der Waals surface area contributed by atoms with Crippen LogP contribution < -0.4 is 4.72 Å². The lowest BCUT2D eigenvalue weighted by Gasteiger charge is -2.09. The van der Waals surface area contributed by atoms with Gasteiger partial charge in [0.2, 0.25) is 10.0 Å². The standard InChI is InChI=1S/C18H21NO4S/c1-23-18(20)11-10-16-8-5-9-17(14-16)19-24(21,22)13-12-15-6-3-2-4-7-15/h2-9,14,19H,10-13H2,1H3. The average Bonchev–Trinajstić information content (AvgIpc) is 2.59. The van der Waals surface area contributed by atoms with E-state index >= 15 is 0 Å². The lowest BCUT2D eigenvalue weighted by atomic mass is 10.1. The molecule has 0 bridgehead atoms. The minimum absolute atomic E-state index is 0.0173. The van der Waals surface area contributed by atoms with Gasteiger partial charge in [-0.2, -0.15) is 0 Å². The van der Waals surface area contributed by atoms with Crippen LogP contribution >= 0.6 is 0 Å². The minimum Gasteiger partial charge on any atom is -0.469 e. The second-order valence-electron chi connectivity index (χ2n) is 5.43. The van der Waals surface area contributed by atoms with E-state index in [1.165, 1.54) is 7.11 Å². The molecule has 2 aromatic rings. The van der Waals surface area contributed by atoms with Gasteiger partial charge in [0.05, 0.1) is 12.9 Å². The number of rotatable bonds is 8. The summed E-state index contributed by atoms with van der Waals surface area (Å²) in [5.41, 5.74) is 2.36. The summed E-state index contributed by atoms with van der Waals surface area (Å²) in [4.78, 5) is 11.2. The Kier molecular flexibility index (Phi) is 6.37. The zero-order valence-corrected chi connectivity index (χ0v) is 14.4. The van der Waals surface area contributed by atoms with Crippen molar-refractivity contribution in [3.05, 3.63) is 65.7 Å². The smallest absolute Gasteiger partial charge is 0.305 e. The highest BCUT2D eigenvalue weighted by Gasteiger charge is 2.11. The zero-order chi connectivity index (χ0) is 17.4. The number of carbonyl (C=O) groups excluding carboxylic acids is 1. The van der Waals surface area contributed by atoms with Gasteiger partial charge < -0.3 is 4.74 Å². The molecule has 0 spiro atoms. The first-order chi connectivity index (χ1) is 11.5. The quantitative estimate of drug-likeness (QED) is 0.745. The Bertz CT molecular complexity index is 773. The molecule has 0 aliphatic heterocycles. The summed E-state index contributed by atoms with van der Waals surface area (Å²) >= 11 is 0. The van der Waals surface area contributed by atoms with Crippen LogP contribution in [0.25, 0.3) is 0 Å². The second-order valence-corrected chi connectivity index (χ2v) is 7.27. The molecule has 5 nitrogen and oxygen atoms in total.